The summed E-state index contributed by atoms with van der Waals surface area (Å²) in [5, 5.41) is 0. The van der Waals surface area contributed by atoms with Crippen LogP contribution in [0.4, 0.5) is 0 Å². The van der Waals surface area contributed by atoms with Gasteiger partial charge < -0.3 is 4.74 Å². The van der Waals surface area contributed by atoms with E-state index in [0.717, 1.165) is 12.8 Å². The fourth-order valence-corrected chi connectivity index (χ4v) is 1.93. The molecule has 0 aromatic rings. The molecule has 0 heterocycles. The van der Waals surface area contributed by atoms with Crippen molar-refractivity contribution in [1.82, 2.24) is 0 Å². The number of hydrogen-bond acceptors (Lipinski definition) is 3. The van der Waals surface area contributed by atoms with E-state index in [9.17, 15) is 8.42 Å². The monoisotopic (exact) mass is 266 g/mol. The van der Waals surface area contributed by atoms with Crippen LogP contribution in [0.25, 0.3) is 0 Å². The summed E-state index contributed by atoms with van der Waals surface area (Å²) in [7, 11) is -3.86. The minimum Gasteiger partial charge on any atom is -0.380 e. The van der Waals surface area contributed by atoms with Crippen molar-refractivity contribution in [3.05, 3.63) is 0 Å². The van der Waals surface area contributed by atoms with E-state index in [4.69, 9.17) is 9.29 Å². The Morgan fingerprint density at radius 1 is 0.882 bits per heavy atom. The lowest BCUT2D eigenvalue weighted by atomic mass is 10.1. The fourth-order valence-electron chi connectivity index (χ4n) is 1.60. The predicted molar refractivity (Wildman–Crippen MR) is 69.8 cm³/mol. The summed E-state index contributed by atoms with van der Waals surface area (Å²) >= 11 is 0. The maximum Gasteiger partial charge on any atom is 0.267 e. The van der Waals surface area contributed by atoms with E-state index in [1.807, 2.05) is 0 Å². The molecule has 0 spiro atoms. The average Bonchev–Trinajstić information content (AvgIpc) is 2.24. The van der Waals surface area contributed by atoms with Gasteiger partial charge in [-0.1, -0.05) is 51.9 Å². The second kappa shape index (κ2) is 11.0. The van der Waals surface area contributed by atoms with Crippen LogP contribution in [0.2, 0.25) is 0 Å². The smallest absolute Gasteiger partial charge is 0.267 e. The molecule has 0 aromatic carbocycles. The molecular weight excluding hydrogens is 240 g/mol. The third kappa shape index (κ3) is 15.9. The largest absolute Gasteiger partial charge is 0.380 e. The van der Waals surface area contributed by atoms with Gasteiger partial charge in [0.05, 0.1) is 12.4 Å². The van der Waals surface area contributed by atoms with Gasteiger partial charge in [0.2, 0.25) is 0 Å². The highest BCUT2D eigenvalue weighted by Crippen LogP contribution is 2.08. The zero-order chi connectivity index (χ0) is 13.0. The third-order valence-electron chi connectivity index (χ3n) is 2.63. The first kappa shape index (κ1) is 16.9. The first-order valence-electron chi connectivity index (χ1n) is 6.59. The van der Waals surface area contributed by atoms with Gasteiger partial charge in [0.1, 0.15) is 0 Å². The van der Waals surface area contributed by atoms with Crippen molar-refractivity contribution in [3.8, 4) is 0 Å². The Labute approximate surface area is 105 Å². The molecule has 0 radical (unpaired) electrons. The molecule has 0 atom stereocenters. The molecule has 0 saturated heterocycles. The summed E-state index contributed by atoms with van der Waals surface area (Å²) in [6.45, 7) is 2.89. The van der Waals surface area contributed by atoms with Crippen LogP contribution >= 0.6 is 0 Å². The van der Waals surface area contributed by atoms with Crippen molar-refractivity contribution in [2.24, 2.45) is 0 Å². The Balaban J connectivity index is 3.04. The second-order valence-corrected chi connectivity index (χ2v) is 5.95. The van der Waals surface area contributed by atoms with Crippen LogP contribution in [0.3, 0.4) is 0 Å². The third-order valence-corrected chi connectivity index (χ3v) is 3.31. The topological polar surface area (TPSA) is 63.6 Å². The molecule has 0 saturated carbocycles. The van der Waals surface area contributed by atoms with E-state index in [2.05, 4.69) is 6.92 Å². The van der Waals surface area contributed by atoms with Gasteiger partial charge in [0, 0.05) is 6.61 Å². The first-order valence-corrected chi connectivity index (χ1v) is 8.20. The van der Waals surface area contributed by atoms with Gasteiger partial charge in [-0.05, 0) is 6.42 Å². The molecule has 0 unspecified atom stereocenters. The summed E-state index contributed by atoms with van der Waals surface area (Å²) in [6, 6.07) is 0. The van der Waals surface area contributed by atoms with Gasteiger partial charge in [0.15, 0.2) is 0 Å². The Hall–Kier alpha value is -0.130. The average molecular weight is 266 g/mol. The van der Waals surface area contributed by atoms with Crippen molar-refractivity contribution in [2.75, 3.05) is 19.0 Å². The minimum absolute atomic E-state index is 0.0926. The second-order valence-electron chi connectivity index (χ2n) is 4.37. The van der Waals surface area contributed by atoms with Crippen molar-refractivity contribution in [1.29, 1.82) is 0 Å². The Morgan fingerprint density at radius 3 is 1.94 bits per heavy atom. The standard InChI is InChI=1S/C12H26O4S/c1-2-3-4-5-6-7-8-9-10-16-11-12-17(13,14)15/h2-12H2,1H3,(H,13,14,15). The lowest BCUT2D eigenvalue weighted by molar-refractivity contribution is 0.143. The van der Waals surface area contributed by atoms with Gasteiger partial charge in [0.25, 0.3) is 10.1 Å². The normalized spacial score (nSPS) is 11.9. The van der Waals surface area contributed by atoms with Gasteiger partial charge in [-0.3, -0.25) is 4.55 Å². The van der Waals surface area contributed by atoms with Gasteiger partial charge in [-0.2, -0.15) is 8.42 Å². The van der Waals surface area contributed by atoms with E-state index in [-0.39, 0.29) is 12.4 Å². The summed E-state index contributed by atoms with van der Waals surface area (Å²) in [5.41, 5.74) is 0. The molecule has 17 heavy (non-hydrogen) atoms. The number of rotatable bonds is 12. The molecule has 0 bridgehead atoms. The molecule has 0 aromatic heterocycles. The van der Waals surface area contributed by atoms with Gasteiger partial charge >= 0.3 is 0 Å². The Kier molecular flexibility index (Phi) is 10.9. The van der Waals surface area contributed by atoms with E-state index < -0.39 is 10.1 Å². The van der Waals surface area contributed by atoms with Gasteiger partial charge in [-0.15, -0.1) is 0 Å². The van der Waals surface area contributed by atoms with E-state index >= 15 is 0 Å². The molecule has 0 fully saturated rings. The number of unbranched alkanes of at least 4 members (excludes halogenated alkanes) is 7. The fraction of sp³-hybridized carbons (Fsp3) is 1.00. The van der Waals surface area contributed by atoms with Crippen molar-refractivity contribution >= 4 is 10.1 Å². The summed E-state index contributed by atoms with van der Waals surface area (Å²) in [5.74, 6) is -0.302. The molecule has 1 N–H and O–H groups in total. The zero-order valence-electron chi connectivity index (χ0n) is 10.9. The highest BCUT2D eigenvalue weighted by molar-refractivity contribution is 7.85. The molecule has 4 nitrogen and oxygen atoms in total. The van der Waals surface area contributed by atoms with E-state index in [0.29, 0.717) is 6.61 Å². The lowest BCUT2D eigenvalue weighted by Gasteiger charge is -2.03. The molecule has 0 amide bonds. The van der Waals surface area contributed by atoms with Crippen molar-refractivity contribution < 1.29 is 17.7 Å². The predicted octanol–water partition coefficient (Wildman–Crippen LogP) is 3.03. The summed E-state index contributed by atoms with van der Waals surface area (Å²) in [4.78, 5) is 0. The summed E-state index contributed by atoms with van der Waals surface area (Å²) in [6.07, 6.45) is 9.88. The minimum atomic E-state index is -3.86. The SMILES string of the molecule is CCCCCCCCCCOCCS(=O)(=O)O. The van der Waals surface area contributed by atoms with E-state index in [1.54, 1.807) is 0 Å². The highest BCUT2D eigenvalue weighted by atomic mass is 32.2. The molecular formula is C12H26O4S. The van der Waals surface area contributed by atoms with Crippen LogP contribution in [-0.2, 0) is 14.9 Å². The van der Waals surface area contributed by atoms with Crippen LogP contribution in [-0.4, -0.2) is 31.9 Å². The highest BCUT2D eigenvalue weighted by Gasteiger charge is 2.02. The number of ether oxygens (including phenoxy) is 1. The molecule has 0 aliphatic rings. The quantitative estimate of drug-likeness (QED) is 0.435. The molecule has 0 rings (SSSR count). The van der Waals surface area contributed by atoms with Crippen molar-refractivity contribution in [2.45, 2.75) is 58.3 Å². The lowest BCUT2D eigenvalue weighted by Crippen LogP contribution is -2.11. The van der Waals surface area contributed by atoms with Crippen LogP contribution in [0, 0.1) is 0 Å². The Bertz CT molecular complexity index is 249. The maximum atomic E-state index is 10.4. The molecule has 5 heteroatoms. The zero-order valence-corrected chi connectivity index (χ0v) is 11.7. The van der Waals surface area contributed by atoms with E-state index in [1.165, 1.54) is 38.5 Å². The maximum absolute atomic E-state index is 10.4. The summed E-state index contributed by atoms with van der Waals surface area (Å²) < 4.78 is 34.3. The Morgan fingerprint density at radius 2 is 1.41 bits per heavy atom. The van der Waals surface area contributed by atoms with Crippen LogP contribution in [0.15, 0.2) is 0 Å². The van der Waals surface area contributed by atoms with Crippen LogP contribution in [0.5, 0.6) is 0 Å². The molecule has 104 valence electrons. The van der Waals surface area contributed by atoms with Crippen LogP contribution in [0.1, 0.15) is 58.3 Å². The number of hydrogen-bond donors (Lipinski definition) is 1. The molecule has 0 aliphatic carbocycles. The van der Waals surface area contributed by atoms with Gasteiger partial charge in [-0.25, -0.2) is 0 Å². The van der Waals surface area contributed by atoms with Crippen LogP contribution < -0.4 is 0 Å². The first-order chi connectivity index (χ1) is 8.06. The molecule has 0 aliphatic heterocycles. The van der Waals surface area contributed by atoms with Crippen molar-refractivity contribution in [3.63, 3.8) is 0 Å².